The van der Waals surface area contributed by atoms with E-state index in [1.54, 1.807) is 18.2 Å². The van der Waals surface area contributed by atoms with Gasteiger partial charge < -0.3 is 15.2 Å². The lowest BCUT2D eigenvalue weighted by Gasteiger charge is -2.08. The molecule has 0 radical (unpaired) electrons. The summed E-state index contributed by atoms with van der Waals surface area (Å²) in [4.78, 5) is 12.2. The Kier molecular flexibility index (Phi) is 18.2. The van der Waals surface area contributed by atoms with Crippen LogP contribution in [0.2, 0.25) is 0 Å². The maximum Gasteiger partial charge on any atom is 0.220 e. The summed E-state index contributed by atoms with van der Waals surface area (Å²) in [6.45, 7) is 11.4. The lowest BCUT2D eigenvalue weighted by atomic mass is 10.1. The van der Waals surface area contributed by atoms with Crippen molar-refractivity contribution in [2.45, 2.75) is 112 Å². The third kappa shape index (κ3) is 18.0. The van der Waals surface area contributed by atoms with Crippen LogP contribution in [0.25, 0.3) is 0 Å². The highest BCUT2D eigenvalue weighted by atomic mass is 16.5. The quantitative estimate of drug-likeness (QED) is 0.137. The highest BCUT2D eigenvalue weighted by molar-refractivity contribution is 5.75. The van der Waals surface area contributed by atoms with E-state index in [2.05, 4.69) is 76.4 Å². The minimum atomic E-state index is 0.0452. The molecule has 216 valence electrons. The van der Waals surface area contributed by atoms with Crippen LogP contribution in [-0.2, 0) is 11.3 Å². The number of phenols is 1. The fourth-order valence-corrected chi connectivity index (χ4v) is 4.18. The van der Waals surface area contributed by atoms with Crippen molar-refractivity contribution < 1.29 is 14.6 Å². The van der Waals surface area contributed by atoms with Crippen LogP contribution < -0.4 is 10.1 Å². The number of hydrogen-bond donors (Lipinski definition) is 2. The molecule has 1 aromatic rings. The molecule has 0 atom stereocenters. The summed E-state index contributed by atoms with van der Waals surface area (Å²) in [5.41, 5.74) is 6.64. The molecule has 0 unspecified atom stereocenters. The van der Waals surface area contributed by atoms with Crippen molar-refractivity contribution in [3.05, 3.63) is 82.5 Å². The second kappa shape index (κ2) is 20.9. The number of benzene rings is 1. The summed E-state index contributed by atoms with van der Waals surface area (Å²) in [7, 11) is 1.51. The summed E-state index contributed by atoms with van der Waals surface area (Å²) < 4.78 is 5.11. The predicted molar refractivity (Wildman–Crippen MR) is 167 cm³/mol. The maximum atomic E-state index is 12.2. The fourth-order valence-electron chi connectivity index (χ4n) is 4.18. The van der Waals surface area contributed by atoms with E-state index in [1.165, 1.54) is 35.8 Å². The fraction of sp³-hybridized carbons (Fsp3) is 0.514. The van der Waals surface area contributed by atoms with Crippen LogP contribution in [0.1, 0.15) is 111 Å². The van der Waals surface area contributed by atoms with Crippen molar-refractivity contribution >= 4 is 5.91 Å². The Bertz CT molecular complexity index is 1010. The third-order valence-corrected chi connectivity index (χ3v) is 6.65. The average Bonchev–Trinajstić information content (AvgIpc) is 2.89. The molecule has 0 saturated carbocycles. The number of nitrogens with one attached hydrogen (secondary N) is 1. The molecule has 0 fully saturated rings. The summed E-state index contributed by atoms with van der Waals surface area (Å²) in [5, 5.41) is 12.6. The number of hydrogen-bond acceptors (Lipinski definition) is 3. The minimum Gasteiger partial charge on any atom is -0.504 e. The monoisotopic (exact) mass is 535 g/mol. The number of carbonyl (C=O) groups excluding carboxylic acids is 1. The van der Waals surface area contributed by atoms with Crippen molar-refractivity contribution in [1.29, 1.82) is 0 Å². The number of allylic oxidation sites excluding steroid dienone is 10. The van der Waals surface area contributed by atoms with Crippen molar-refractivity contribution in [3.63, 3.8) is 0 Å². The Morgan fingerprint density at radius 2 is 1.33 bits per heavy atom. The van der Waals surface area contributed by atoms with Gasteiger partial charge in [0.25, 0.3) is 0 Å². The van der Waals surface area contributed by atoms with Crippen LogP contribution in [0, 0.1) is 0 Å². The van der Waals surface area contributed by atoms with Gasteiger partial charge in [0.2, 0.25) is 5.91 Å². The minimum absolute atomic E-state index is 0.0452. The molecule has 0 spiro atoms. The summed E-state index contributed by atoms with van der Waals surface area (Å²) in [6.07, 6.45) is 25.2. The van der Waals surface area contributed by atoms with E-state index >= 15 is 0 Å². The van der Waals surface area contributed by atoms with Gasteiger partial charge in [0.1, 0.15) is 0 Å². The molecule has 39 heavy (non-hydrogen) atoms. The van der Waals surface area contributed by atoms with Gasteiger partial charge in [0.05, 0.1) is 7.11 Å². The van der Waals surface area contributed by atoms with Gasteiger partial charge in [-0.1, -0.05) is 64.8 Å². The van der Waals surface area contributed by atoms with Gasteiger partial charge >= 0.3 is 0 Å². The first-order chi connectivity index (χ1) is 18.7. The Hall–Kier alpha value is -3.01. The van der Waals surface area contributed by atoms with Gasteiger partial charge in [0, 0.05) is 13.0 Å². The number of amides is 1. The third-order valence-electron chi connectivity index (χ3n) is 6.65. The summed E-state index contributed by atoms with van der Waals surface area (Å²) >= 11 is 0. The van der Waals surface area contributed by atoms with Gasteiger partial charge in [-0.15, -0.1) is 0 Å². The van der Waals surface area contributed by atoms with Gasteiger partial charge in [-0.05, 0) is 117 Å². The lowest BCUT2D eigenvalue weighted by Crippen LogP contribution is -2.22. The molecule has 0 aliphatic carbocycles. The van der Waals surface area contributed by atoms with Crippen LogP contribution in [-0.4, -0.2) is 18.1 Å². The van der Waals surface area contributed by atoms with E-state index in [1.807, 2.05) is 0 Å². The summed E-state index contributed by atoms with van der Waals surface area (Å²) in [6, 6.07) is 5.11. The highest BCUT2D eigenvalue weighted by Gasteiger charge is 2.05. The first-order valence-corrected chi connectivity index (χ1v) is 14.6. The zero-order chi connectivity index (χ0) is 28.9. The second-order valence-electron chi connectivity index (χ2n) is 10.8. The standard InChI is InChI=1S/C35H53NO3/c1-28(2)16-13-19-31(5)21-14-20-29(3)17-11-9-7-8-10-12-18-30(4)22-15-23-35(38)36-27-32-24-25-33(37)34(26-32)39-6/h7-8,16-18,21,24-26,37H,9-15,19-20,22-23,27H2,1-6H3,(H,36,38)/b8-7+,29-17?,30-18?,31-21+. The zero-order valence-electron chi connectivity index (χ0n) is 25.4. The van der Waals surface area contributed by atoms with Crippen LogP contribution in [0.15, 0.2) is 76.9 Å². The van der Waals surface area contributed by atoms with Crippen LogP contribution in [0.4, 0.5) is 0 Å². The SMILES string of the molecule is COc1cc(CNC(=O)CCCC(C)=CCC/C=C/CCC=C(C)CC/C=C(\C)CCC=C(C)C)ccc1O. The van der Waals surface area contributed by atoms with Crippen molar-refractivity contribution in [1.82, 2.24) is 5.32 Å². The van der Waals surface area contributed by atoms with E-state index in [-0.39, 0.29) is 11.7 Å². The predicted octanol–water partition coefficient (Wildman–Crippen LogP) is 9.67. The topological polar surface area (TPSA) is 58.6 Å². The average molecular weight is 536 g/mol. The number of carbonyl (C=O) groups is 1. The molecule has 0 heterocycles. The molecule has 1 rings (SSSR count). The van der Waals surface area contributed by atoms with Crippen LogP contribution in [0.5, 0.6) is 11.5 Å². The molecule has 0 aliphatic heterocycles. The molecule has 0 saturated heterocycles. The van der Waals surface area contributed by atoms with E-state index in [4.69, 9.17) is 4.74 Å². The van der Waals surface area contributed by atoms with Gasteiger partial charge in [-0.2, -0.15) is 0 Å². The highest BCUT2D eigenvalue weighted by Crippen LogP contribution is 2.26. The number of methoxy groups -OCH3 is 1. The Morgan fingerprint density at radius 3 is 1.92 bits per heavy atom. The summed E-state index contributed by atoms with van der Waals surface area (Å²) in [5.74, 6) is 0.562. The molecular weight excluding hydrogens is 482 g/mol. The molecule has 1 amide bonds. The Balaban J connectivity index is 2.13. The van der Waals surface area contributed by atoms with Crippen molar-refractivity contribution in [2.75, 3.05) is 7.11 Å². The second-order valence-corrected chi connectivity index (χ2v) is 10.8. The first kappa shape index (κ1) is 34.0. The first-order valence-electron chi connectivity index (χ1n) is 14.6. The van der Waals surface area contributed by atoms with Gasteiger partial charge in [0.15, 0.2) is 11.5 Å². The Morgan fingerprint density at radius 1 is 0.769 bits per heavy atom. The Labute approximate surface area is 238 Å². The molecular formula is C35H53NO3. The molecule has 0 aliphatic rings. The largest absolute Gasteiger partial charge is 0.504 e. The van der Waals surface area contributed by atoms with E-state index in [0.29, 0.717) is 18.7 Å². The molecule has 4 heteroatoms. The van der Waals surface area contributed by atoms with Crippen molar-refractivity contribution in [3.8, 4) is 11.5 Å². The molecule has 2 N–H and O–H groups in total. The van der Waals surface area contributed by atoms with E-state index in [9.17, 15) is 9.90 Å². The normalized spacial score (nSPS) is 12.6. The van der Waals surface area contributed by atoms with Gasteiger partial charge in [-0.25, -0.2) is 0 Å². The number of unbranched alkanes of at least 4 members (excludes halogenated alkanes) is 2. The number of ether oxygens (including phenoxy) is 1. The van der Waals surface area contributed by atoms with Crippen LogP contribution >= 0.6 is 0 Å². The van der Waals surface area contributed by atoms with Crippen LogP contribution in [0.3, 0.4) is 0 Å². The number of aromatic hydroxyl groups is 1. The smallest absolute Gasteiger partial charge is 0.220 e. The lowest BCUT2D eigenvalue weighted by molar-refractivity contribution is -0.121. The zero-order valence-corrected chi connectivity index (χ0v) is 25.4. The number of rotatable bonds is 19. The van der Waals surface area contributed by atoms with Crippen molar-refractivity contribution in [2.24, 2.45) is 0 Å². The molecule has 0 bridgehead atoms. The number of phenolic OH excluding ortho intramolecular Hbond substituents is 1. The van der Waals surface area contributed by atoms with E-state index < -0.39 is 0 Å². The molecule has 1 aromatic carbocycles. The van der Waals surface area contributed by atoms with E-state index in [0.717, 1.165) is 63.4 Å². The maximum absolute atomic E-state index is 12.2. The molecule has 0 aromatic heterocycles. The van der Waals surface area contributed by atoms with Gasteiger partial charge in [-0.3, -0.25) is 4.79 Å². The molecule has 4 nitrogen and oxygen atoms in total.